The first-order chi connectivity index (χ1) is 6.19. The fourth-order valence-electron chi connectivity index (χ4n) is 0.994. The van der Waals surface area contributed by atoms with Gasteiger partial charge in [0.25, 0.3) is 0 Å². The Hall–Kier alpha value is -1.83. The molecule has 0 aliphatic carbocycles. The molecule has 0 aromatic carbocycles. The van der Waals surface area contributed by atoms with E-state index in [0.717, 1.165) is 6.42 Å². The molecule has 0 radical (unpaired) electrons. The molecular formula is C8H10N4O. The van der Waals surface area contributed by atoms with Gasteiger partial charge in [-0.15, -0.1) is 0 Å². The molecule has 0 saturated carbocycles. The van der Waals surface area contributed by atoms with Gasteiger partial charge in [-0.1, -0.05) is 13.3 Å². The van der Waals surface area contributed by atoms with Crippen molar-refractivity contribution in [2.45, 2.75) is 19.8 Å². The molecule has 0 atom stereocenters. The van der Waals surface area contributed by atoms with Crippen LogP contribution in [0.5, 0.6) is 0 Å². The summed E-state index contributed by atoms with van der Waals surface area (Å²) in [7, 11) is 0. The summed E-state index contributed by atoms with van der Waals surface area (Å²) < 4.78 is 0.622. The largest absolute Gasteiger partial charge is 0.427 e. The third kappa shape index (κ3) is 1.85. The van der Waals surface area contributed by atoms with Gasteiger partial charge in [0, 0.05) is 0 Å². The average molecular weight is 178 g/mol. The number of hydrogen-bond donors (Lipinski definition) is 2. The van der Waals surface area contributed by atoms with E-state index >= 15 is 0 Å². The van der Waals surface area contributed by atoms with E-state index in [0.29, 0.717) is 16.8 Å². The average Bonchev–Trinajstić information content (AvgIpc) is 2.11. The summed E-state index contributed by atoms with van der Waals surface area (Å²) in [6, 6.07) is 1.76. The summed E-state index contributed by atoms with van der Waals surface area (Å²) in [5.74, 6) is 0. The highest BCUT2D eigenvalue weighted by atomic mass is 16.5. The number of nitrogens with one attached hydrogen (secondary N) is 1. The molecule has 0 aliphatic rings. The SMILES string of the molecule is CCCc1cn(O)c(=N)c(C#N)n1. The minimum atomic E-state index is -0.276. The van der Waals surface area contributed by atoms with Crippen molar-refractivity contribution in [1.29, 1.82) is 10.7 Å². The normalized spacial score (nSPS) is 9.54. The maximum absolute atomic E-state index is 9.18. The number of hydrogen-bond acceptors (Lipinski definition) is 4. The van der Waals surface area contributed by atoms with Gasteiger partial charge >= 0.3 is 0 Å². The molecule has 0 saturated heterocycles. The van der Waals surface area contributed by atoms with Gasteiger partial charge in [-0.05, 0) is 6.42 Å². The molecule has 1 aromatic heterocycles. The van der Waals surface area contributed by atoms with Crippen molar-refractivity contribution in [1.82, 2.24) is 9.71 Å². The first-order valence-corrected chi connectivity index (χ1v) is 3.95. The Morgan fingerprint density at radius 3 is 3.00 bits per heavy atom. The second kappa shape index (κ2) is 3.72. The zero-order chi connectivity index (χ0) is 9.84. The Morgan fingerprint density at radius 2 is 2.46 bits per heavy atom. The van der Waals surface area contributed by atoms with Crippen molar-refractivity contribution < 1.29 is 5.21 Å². The number of nitriles is 1. The Morgan fingerprint density at radius 1 is 1.77 bits per heavy atom. The van der Waals surface area contributed by atoms with Crippen molar-refractivity contribution in [3.8, 4) is 6.07 Å². The summed E-state index contributed by atoms with van der Waals surface area (Å²) >= 11 is 0. The summed E-state index contributed by atoms with van der Waals surface area (Å²) in [6.45, 7) is 1.98. The first-order valence-electron chi connectivity index (χ1n) is 3.95. The van der Waals surface area contributed by atoms with E-state index in [9.17, 15) is 5.21 Å². The van der Waals surface area contributed by atoms with Crippen LogP contribution in [0.25, 0.3) is 0 Å². The fraction of sp³-hybridized carbons (Fsp3) is 0.375. The van der Waals surface area contributed by atoms with Gasteiger partial charge in [0.05, 0.1) is 11.9 Å². The van der Waals surface area contributed by atoms with Gasteiger partial charge in [0.2, 0.25) is 0 Å². The van der Waals surface area contributed by atoms with Crippen LogP contribution in [0.15, 0.2) is 6.20 Å². The molecular weight excluding hydrogens is 168 g/mol. The van der Waals surface area contributed by atoms with Gasteiger partial charge in [0.15, 0.2) is 11.2 Å². The smallest absolute Gasteiger partial charge is 0.197 e. The molecule has 1 rings (SSSR count). The van der Waals surface area contributed by atoms with Gasteiger partial charge in [-0.2, -0.15) is 9.99 Å². The highest BCUT2D eigenvalue weighted by Gasteiger charge is 2.03. The van der Waals surface area contributed by atoms with Crippen LogP contribution in [-0.4, -0.2) is 14.9 Å². The second-order valence-electron chi connectivity index (χ2n) is 2.64. The second-order valence-corrected chi connectivity index (χ2v) is 2.64. The molecule has 68 valence electrons. The van der Waals surface area contributed by atoms with Crippen molar-refractivity contribution in [3.63, 3.8) is 0 Å². The summed E-state index contributed by atoms with van der Waals surface area (Å²) in [6.07, 6.45) is 2.93. The summed E-state index contributed by atoms with van der Waals surface area (Å²) in [4.78, 5) is 3.91. The zero-order valence-electron chi connectivity index (χ0n) is 7.28. The Kier molecular flexibility index (Phi) is 2.65. The molecule has 1 aromatic rings. The van der Waals surface area contributed by atoms with E-state index in [-0.39, 0.29) is 11.2 Å². The molecule has 0 fully saturated rings. The van der Waals surface area contributed by atoms with Crippen LogP contribution in [0, 0.1) is 16.7 Å². The molecule has 0 aliphatic heterocycles. The molecule has 13 heavy (non-hydrogen) atoms. The number of aromatic nitrogens is 2. The van der Waals surface area contributed by atoms with E-state index in [1.165, 1.54) is 6.20 Å². The third-order valence-corrected chi connectivity index (χ3v) is 1.59. The predicted molar refractivity (Wildman–Crippen MR) is 44.0 cm³/mol. The van der Waals surface area contributed by atoms with Crippen molar-refractivity contribution in [2.24, 2.45) is 0 Å². The topological polar surface area (TPSA) is 85.7 Å². The van der Waals surface area contributed by atoms with Crippen LogP contribution in [0.4, 0.5) is 0 Å². The monoisotopic (exact) mass is 178 g/mol. The van der Waals surface area contributed by atoms with Crippen LogP contribution in [0.1, 0.15) is 24.7 Å². The molecule has 2 N–H and O–H groups in total. The maximum Gasteiger partial charge on any atom is 0.197 e. The molecule has 0 bridgehead atoms. The van der Waals surface area contributed by atoms with Gasteiger partial charge < -0.3 is 5.21 Å². The van der Waals surface area contributed by atoms with E-state index in [2.05, 4.69) is 4.98 Å². The van der Waals surface area contributed by atoms with E-state index in [1.54, 1.807) is 6.07 Å². The fourth-order valence-corrected chi connectivity index (χ4v) is 0.994. The van der Waals surface area contributed by atoms with Crippen molar-refractivity contribution in [2.75, 3.05) is 0 Å². The van der Waals surface area contributed by atoms with Gasteiger partial charge in [-0.25, -0.2) is 4.98 Å². The summed E-state index contributed by atoms with van der Waals surface area (Å²) in [5.41, 5.74) is 0.299. The maximum atomic E-state index is 9.18. The van der Waals surface area contributed by atoms with Gasteiger partial charge in [0.1, 0.15) is 6.07 Å². The van der Waals surface area contributed by atoms with Gasteiger partial charge in [-0.3, -0.25) is 5.41 Å². The third-order valence-electron chi connectivity index (χ3n) is 1.59. The van der Waals surface area contributed by atoms with Crippen molar-refractivity contribution in [3.05, 3.63) is 23.1 Å². The number of rotatable bonds is 2. The van der Waals surface area contributed by atoms with E-state index in [4.69, 9.17) is 10.7 Å². The van der Waals surface area contributed by atoms with Crippen molar-refractivity contribution >= 4 is 0 Å². The molecule has 5 heteroatoms. The van der Waals surface area contributed by atoms with E-state index < -0.39 is 0 Å². The predicted octanol–water partition coefficient (Wildman–Crippen LogP) is 0.424. The minimum Gasteiger partial charge on any atom is -0.427 e. The Labute approximate surface area is 75.4 Å². The van der Waals surface area contributed by atoms with Crippen LogP contribution in [0.2, 0.25) is 0 Å². The molecule has 0 amide bonds. The Balaban J connectivity index is 3.24. The number of nitrogens with zero attached hydrogens (tertiary/aromatic N) is 3. The van der Waals surface area contributed by atoms with Crippen LogP contribution in [-0.2, 0) is 6.42 Å². The van der Waals surface area contributed by atoms with E-state index in [1.807, 2.05) is 6.92 Å². The lowest BCUT2D eigenvalue weighted by Gasteiger charge is -2.02. The van der Waals surface area contributed by atoms with Crippen LogP contribution >= 0.6 is 0 Å². The zero-order valence-corrected chi connectivity index (χ0v) is 7.28. The standard InChI is InChI=1S/C8H10N4O/c1-2-3-6-5-12(13)8(10)7(4-9)11-6/h5,10,13H,2-3H2,1H3. The Bertz CT molecular complexity index is 402. The minimum absolute atomic E-state index is 0.0477. The van der Waals surface area contributed by atoms with Crippen LogP contribution in [0.3, 0.4) is 0 Å². The lowest BCUT2D eigenvalue weighted by atomic mass is 10.2. The molecule has 0 unspecified atom stereocenters. The number of aryl methyl sites for hydroxylation is 1. The lowest BCUT2D eigenvalue weighted by molar-refractivity contribution is 0.167. The lowest BCUT2D eigenvalue weighted by Crippen LogP contribution is -2.23. The quantitative estimate of drug-likeness (QED) is 0.643. The summed E-state index contributed by atoms with van der Waals surface area (Å²) in [5, 5.41) is 25.0. The molecule has 1 heterocycles. The molecule has 0 spiro atoms. The highest BCUT2D eigenvalue weighted by Crippen LogP contribution is 1.96. The van der Waals surface area contributed by atoms with Crippen LogP contribution < -0.4 is 5.49 Å². The first kappa shape index (κ1) is 9.26. The highest BCUT2D eigenvalue weighted by molar-refractivity contribution is 5.16. The molecule has 5 nitrogen and oxygen atoms in total.